The van der Waals surface area contributed by atoms with Crippen LogP contribution in [0.2, 0.25) is 0 Å². The maximum atomic E-state index is 12.0. The Kier molecular flexibility index (Phi) is 4.00. The predicted molar refractivity (Wildman–Crippen MR) is 83.8 cm³/mol. The molecule has 3 amide bonds. The lowest BCUT2D eigenvalue weighted by molar-refractivity contribution is 0.102. The highest BCUT2D eigenvalue weighted by atomic mass is 16.2. The quantitative estimate of drug-likeness (QED) is 0.811. The van der Waals surface area contributed by atoms with E-state index in [0.29, 0.717) is 23.1 Å². The lowest BCUT2D eigenvalue weighted by Gasteiger charge is -2.08. The van der Waals surface area contributed by atoms with Crippen LogP contribution in [-0.2, 0) is 0 Å². The fourth-order valence-corrected chi connectivity index (χ4v) is 1.90. The van der Waals surface area contributed by atoms with Crippen LogP contribution < -0.4 is 16.0 Å². The van der Waals surface area contributed by atoms with E-state index in [2.05, 4.69) is 20.9 Å². The van der Waals surface area contributed by atoms with Crippen molar-refractivity contribution in [2.75, 3.05) is 10.6 Å². The summed E-state index contributed by atoms with van der Waals surface area (Å²) in [7, 11) is 0. The molecule has 0 bridgehead atoms. The summed E-state index contributed by atoms with van der Waals surface area (Å²) in [5.41, 5.74) is 1.14. The van der Waals surface area contributed by atoms with Gasteiger partial charge in [-0.1, -0.05) is 18.2 Å². The van der Waals surface area contributed by atoms with Gasteiger partial charge in [0, 0.05) is 11.6 Å². The highest BCUT2D eigenvalue weighted by Crippen LogP contribution is 2.19. The Morgan fingerprint density at radius 2 is 1.77 bits per heavy atom. The number of hydrogen-bond donors (Lipinski definition) is 3. The van der Waals surface area contributed by atoms with Crippen molar-refractivity contribution in [3.63, 3.8) is 0 Å². The summed E-state index contributed by atoms with van der Waals surface area (Å²) >= 11 is 0. The van der Waals surface area contributed by atoms with E-state index in [0.717, 1.165) is 12.8 Å². The zero-order valence-corrected chi connectivity index (χ0v) is 11.9. The van der Waals surface area contributed by atoms with Gasteiger partial charge in [0.1, 0.15) is 5.82 Å². The summed E-state index contributed by atoms with van der Waals surface area (Å²) in [6, 6.07) is 12.3. The predicted octanol–water partition coefficient (Wildman–Crippen LogP) is 2.62. The number of anilines is 2. The van der Waals surface area contributed by atoms with Crippen molar-refractivity contribution in [2.45, 2.75) is 18.9 Å². The van der Waals surface area contributed by atoms with Crippen LogP contribution in [0.15, 0.2) is 48.7 Å². The summed E-state index contributed by atoms with van der Waals surface area (Å²) in [6.45, 7) is 0. The van der Waals surface area contributed by atoms with Crippen molar-refractivity contribution in [3.8, 4) is 0 Å². The van der Waals surface area contributed by atoms with Gasteiger partial charge in [-0.2, -0.15) is 0 Å². The summed E-state index contributed by atoms with van der Waals surface area (Å²) < 4.78 is 0. The van der Waals surface area contributed by atoms with Crippen molar-refractivity contribution in [1.82, 2.24) is 10.3 Å². The van der Waals surface area contributed by atoms with Crippen molar-refractivity contribution >= 4 is 23.4 Å². The molecule has 1 aliphatic carbocycles. The second kappa shape index (κ2) is 6.26. The Morgan fingerprint density at radius 1 is 1.00 bits per heavy atom. The van der Waals surface area contributed by atoms with Crippen LogP contribution in [0, 0.1) is 0 Å². The molecular formula is C16H16N4O2. The molecule has 0 radical (unpaired) electrons. The van der Waals surface area contributed by atoms with E-state index in [4.69, 9.17) is 0 Å². The first-order valence-corrected chi connectivity index (χ1v) is 7.11. The molecule has 1 aromatic carbocycles. The normalized spacial score (nSPS) is 13.3. The lowest BCUT2D eigenvalue weighted by Crippen LogP contribution is -2.30. The van der Waals surface area contributed by atoms with E-state index in [9.17, 15) is 9.59 Å². The number of carbonyl (C=O) groups is 2. The van der Waals surface area contributed by atoms with Gasteiger partial charge < -0.3 is 16.0 Å². The lowest BCUT2D eigenvalue weighted by atomic mass is 10.2. The van der Waals surface area contributed by atoms with Crippen LogP contribution in [0.5, 0.6) is 0 Å². The number of rotatable bonds is 4. The van der Waals surface area contributed by atoms with Gasteiger partial charge in [0.05, 0.1) is 11.9 Å². The molecule has 0 unspecified atom stereocenters. The van der Waals surface area contributed by atoms with Crippen LogP contribution in [-0.4, -0.2) is 23.0 Å². The van der Waals surface area contributed by atoms with Gasteiger partial charge in [0.25, 0.3) is 5.91 Å². The SMILES string of the molecule is O=C(Nc1ccc(NC(=O)c2ccccc2)nc1)NC1CC1. The molecule has 1 heterocycles. The summed E-state index contributed by atoms with van der Waals surface area (Å²) in [5, 5.41) is 8.23. The number of urea groups is 1. The first kappa shape index (κ1) is 14.1. The molecule has 1 fully saturated rings. The van der Waals surface area contributed by atoms with Gasteiger partial charge in [-0.05, 0) is 37.1 Å². The summed E-state index contributed by atoms with van der Waals surface area (Å²) in [4.78, 5) is 27.7. The minimum atomic E-state index is -0.231. The van der Waals surface area contributed by atoms with Gasteiger partial charge in [-0.15, -0.1) is 0 Å². The molecule has 0 spiro atoms. The molecule has 1 aliphatic rings. The Hall–Kier alpha value is -2.89. The van der Waals surface area contributed by atoms with Gasteiger partial charge >= 0.3 is 6.03 Å². The molecule has 6 nitrogen and oxygen atoms in total. The molecule has 6 heteroatoms. The number of nitrogens with one attached hydrogen (secondary N) is 3. The van der Waals surface area contributed by atoms with E-state index in [-0.39, 0.29) is 11.9 Å². The maximum absolute atomic E-state index is 12.0. The maximum Gasteiger partial charge on any atom is 0.319 e. The third-order valence-corrected chi connectivity index (χ3v) is 3.21. The molecular weight excluding hydrogens is 280 g/mol. The van der Waals surface area contributed by atoms with E-state index >= 15 is 0 Å². The number of aromatic nitrogens is 1. The van der Waals surface area contributed by atoms with Crippen molar-refractivity contribution in [3.05, 3.63) is 54.2 Å². The number of nitrogens with zero attached hydrogens (tertiary/aromatic N) is 1. The van der Waals surface area contributed by atoms with Crippen LogP contribution in [0.25, 0.3) is 0 Å². The third kappa shape index (κ3) is 3.82. The molecule has 1 aromatic heterocycles. The second-order valence-corrected chi connectivity index (χ2v) is 5.12. The smallest absolute Gasteiger partial charge is 0.319 e. The largest absolute Gasteiger partial charge is 0.335 e. The van der Waals surface area contributed by atoms with Crippen LogP contribution >= 0.6 is 0 Å². The topological polar surface area (TPSA) is 83.1 Å². The summed E-state index contributed by atoms with van der Waals surface area (Å²) in [5.74, 6) is 0.210. The Balaban J connectivity index is 1.56. The van der Waals surface area contributed by atoms with Gasteiger partial charge in [-0.3, -0.25) is 4.79 Å². The fraction of sp³-hybridized carbons (Fsp3) is 0.188. The van der Waals surface area contributed by atoms with E-state index in [1.54, 1.807) is 36.4 Å². The zero-order valence-electron chi connectivity index (χ0n) is 11.9. The number of amides is 3. The molecule has 0 saturated heterocycles. The van der Waals surface area contributed by atoms with Crippen molar-refractivity contribution < 1.29 is 9.59 Å². The van der Waals surface area contributed by atoms with E-state index < -0.39 is 0 Å². The van der Waals surface area contributed by atoms with E-state index in [1.807, 2.05) is 6.07 Å². The second-order valence-electron chi connectivity index (χ2n) is 5.12. The molecule has 0 aliphatic heterocycles. The van der Waals surface area contributed by atoms with E-state index in [1.165, 1.54) is 6.20 Å². The van der Waals surface area contributed by atoms with Gasteiger partial charge in [0.15, 0.2) is 0 Å². The average Bonchev–Trinajstić information content (AvgIpc) is 3.34. The Bertz CT molecular complexity index is 666. The first-order chi connectivity index (χ1) is 10.7. The Morgan fingerprint density at radius 3 is 2.41 bits per heavy atom. The van der Waals surface area contributed by atoms with Crippen molar-refractivity contribution in [1.29, 1.82) is 0 Å². The molecule has 3 rings (SSSR count). The standard InChI is InChI=1S/C16H16N4O2/c21-15(11-4-2-1-3-5-11)20-14-9-8-13(10-17-14)19-16(22)18-12-6-7-12/h1-5,8-10,12H,6-7H2,(H,17,20,21)(H2,18,19,22). The monoisotopic (exact) mass is 296 g/mol. The van der Waals surface area contributed by atoms with Crippen molar-refractivity contribution in [2.24, 2.45) is 0 Å². The number of hydrogen-bond acceptors (Lipinski definition) is 3. The molecule has 3 N–H and O–H groups in total. The highest BCUT2D eigenvalue weighted by molar-refractivity contribution is 6.03. The number of carbonyl (C=O) groups excluding carboxylic acids is 2. The highest BCUT2D eigenvalue weighted by Gasteiger charge is 2.23. The molecule has 2 aromatic rings. The molecule has 0 atom stereocenters. The number of pyridine rings is 1. The van der Waals surface area contributed by atoms with Crippen LogP contribution in [0.1, 0.15) is 23.2 Å². The Labute approximate surface area is 127 Å². The summed E-state index contributed by atoms with van der Waals surface area (Å²) in [6.07, 6.45) is 3.58. The fourth-order valence-electron chi connectivity index (χ4n) is 1.90. The average molecular weight is 296 g/mol. The molecule has 22 heavy (non-hydrogen) atoms. The number of benzene rings is 1. The van der Waals surface area contributed by atoms with Gasteiger partial charge in [-0.25, -0.2) is 9.78 Å². The van der Waals surface area contributed by atoms with Gasteiger partial charge in [0.2, 0.25) is 0 Å². The minimum Gasteiger partial charge on any atom is -0.335 e. The van der Waals surface area contributed by atoms with Crippen LogP contribution in [0.3, 0.4) is 0 Å². The third-order valence-electron chi connectivity index (χ3n) is 3.21. The first-order valence-electron chi connectivity index (χ1n) is 7.11. The zero-order chi connectivity index (χ0) is 15.4. The van der Waals surface area contributed by atoms with Crippen LogP contribution in [0.4, 0.5) is 16.3 Å². The molecule has 112 valence electrons. The molecule has 1 saturated carbocycles. The minimum absolute atomic E-state index is 0.222.